The van der Waals surface area contributed by atoms with Gasteiger partial charge in [0, 0.05) is 16.6 Å². The molecule has 15 heavy (non-hydrogen) atoms. The SMILES string of the molecule is NCCc1cnc(-c2ccccc2Cl)s1. The van der Waals surface area contributed by atoms with Gasteiger partial charge in [-0.1, -0.05) is 29.8 Å². The van der Waals surface area contributed by atoms with E-state index >= 15 is 0 Å². The number of hydrogen-bond acceptors (Lipinski definition) is 3. The van der Waals surface area contributed by atoms with Gasteiger partial charge in [0.1, 0.15) is 5.01 Å². The molecule has 0 atom stereocenters. The Morgan fingerprint density at radius 3 is 2.87 bits per heavy atom. The molecule has 2 rings (SSSR count). The summed E-state index contributed by atoms with van der Waals surface area (Å²) in [5.41, 5.74) is 6.48. The number of hydrogen-bond donors (Lipinski definition) is 1. The normalized spacial score (nSPS) is 10.5. The summed E-state index contributed by atoms with van der Waals surface area (Å²) < 4.78 is 0. The van der Waals surface area contributed by atoms with Gasteiger partial charge >= 0.3 is 0 Å². The zero-order chi connectivity index (χ0) is 10.7. The molecule has 0 aliphatic rings. The van der Waals surface area contributed by atoms with Crippen LogP contribution in [-0.2, 0) is 6.42 Å². The molecule has 0 aliphatic heterocycles. The Morgan fingerprint density at radius 2 is 2.13 bits per heavy atom. The minimum atomic E-state index is 0.657. The zero-order valence-electron chi connectivity index (χ0n) is 8.11. The van der Waals surface area contributed by atoms with Crippen molar-refractivity contribution in [1.29, 1.82) is 0 Å². The van der Waals surface area contributed by atoms with Crippen LogP contribution in [0, 0.1) is 0 Å². The lowest BCUT2D eigenvalue weighted by Gasteiger charge is -1.97. The highest BCUT2D eigenvalue weighted by atomic mass is 35.5. The molecule has 2 aromatic rings. The maximum Gasteiger partial charge on any atom is 0.125 e. The first-order valence-electron chi connectivity index (χ1n) is 4.71. The van der Waals surface area contributed by atoms with Gasteiger partial charge in [0.25, 0.3) is 0 Å². The van der Waals surface area contributed by atoms with Gasteiger partial charge in [-0.15, -0.1) is 11.3 Å². The standard InChI is InChI=1S/C11H11ClN2S/c12-10-4-2-1-3-9(10)11-14-7-8(15-11)5-6-13/h1-4,7H,5-6,13H2. The molecule has 0 spiro atoms. The quantitative estimate of drug-likeness (QED) is 0.893. The fraction of sp³-hybridized carbons (Fsp3) is 0.182. The number of thiazole rings is 1. The van der Waals surface area contributed by atoms with Crippen LogP contribution in [0.4, 0.5) is 0 Å². The number of benzene rings is 1. The summed E-state index contributed by atoms with van der Waals surface area (Å²) >= 11 is 7.74. The zero-order valence-corrected chi connectivity index (χ0v) is 9.68. The summed E-state index contributed by atoms with van der Waals surface area (Å²) in [5, 5.41) is 1.70. The number of rotatable bonds is 3. The van der Waals surface area contributed by atoms with Crippen molar-refractivity contribution in [2.45, 2.75) is 6.42 Å². The first-order chi connectivity index (χ1) is 7.31. The Labute approximate surface area is 97.7 Å². The minimum absolute atomic E-state index is 0.657. The molecule has 78 valence electrons. The van der Waals surface area contributed by atoms with Crippen LogP contribution >= 0.6 is 22.9 Å². The third-order valence-corrected chi connectivity index (χ3v) is 3.47. The van der Waals surface area contributed by atoms with E-state index in [2.05, 4.69) is 4.98 Å². The van der Waals surface area contributed by atoms with E-state index in [1.165, 1.54) is 4.88 Å². The first kappa shape index (κ1) is 10.6. The van der Waals surface area contributed by atoms with E-state index in [4.69, 9.17) is 17.3 Å². The molecular formula is C11H11ClN2S. The molecular weight excluding hydrogens is 228 g/mol. The largest absolute Gasteiger partial charge is 0.330 e. The molecule has 0 radical (unpaired) electrons. The van der Waals surface area contributed by atoms with Gasteiger partial charge in [0.15, 0.2) is 0 Å². The van der Waals surface area contributed by atoms with Gasteiger partial charge in [-0.05, 0) is 19.0 Å². The van der Waals surface area contributed by atoms with Crippen LogP contribution in [-0.4, -0.2) is 11.5 Å². The lowest BCUT2D eigenvalue weighted by atomic mass is 10.2. The number of aromatic nitrogens is 1. The predicted octanol–water partition coefficient (Wildman–Crippen LogP) is 2.96. The van der Waals surface area contributed by atoms with Crippen molar-refractivity contribution in [3.63, 3.8) is 0 Å². The van der Waals surface area contributed by atoms with Gasteiger partial charge in [-0.2, -0.15) is 0 Å². The molecule has 2 nitrogen and oxygen atoms in total. The average Bonchev–Trinajstić information content (AvgIpc) is 2.68. The van der Waals surface area contributed by atoms with Crippen LogP contribution in [0.5, 0.6) is 0 Å². The Morgan fingerprint density at radius 1 is 1.33 bits per heavy atom. The van der Waals surface area contributed by atoms with Gasteiger partial charge in [0.05, 0.1) is 5.02 Å². The Hall–Kier alpha value is -0.900. The molecule has 0 saturated carbocycles. The molecule has 0 unspecified atom stereocenters. The molecule has 1 aromatic carbocycles. The van der Waals surface area contributed by atoms with Crippen molar-refractivity contribution in [2.24, 2.45) is 5.73 Å². The summed E-state index contributed by atoms with van der Waals surface area (Å²) in [6.45, 7) is 0.657. The topological polar surface area (TPSA) is 38.9 Å². The second-order valence-corrected chi connectivity index (χ2v) is 4.67. The second-order valence-electron chi connectivity index (χ2n) is 3.15. The van der Waals surface area contributed by atoms with Crippen molar-refractivity contribution >= 4 is 22.9 Å². The first-order valence-corrected chi connectivity index (χ1v) is 5.90. The van der Waals surface area contributed by atoms with Crippen LogP contribution in [0.15, 0.2) is 30.5 Å². The van der Waals surface area contributed by atoms with Crippen LogP contribution < -0.4 is 5.73 Å². The summed E-state index contributed by atoms with van der Waals surface area (Å²) in [5.74, 6) is 0. The molecule has 0 fully saturated rings. The summed E-state index contributed by atoms with van der Waals surface area (Å²) in [6, 6.07) is 7.74. The fourth-order valence-electron chi connectivity index (χ4n) is 1.32. The van der Waals surface area contributed by atoms with E-state index in [9.17, 15) is 0 Å². The minimum Gasteiger partial charge on any atom is -0.330 e. The Bertz CT molecular complexity index is 453. The van der Waals surface area contributed by atoms with Gasteiger partial charge < -0.3 is 5.73 Å². The smallest absolute Gasteiger partial charge is 0.125 e. The van der Waals surface area contributed by atoms with Crippen molar-refractivity contribution in [1.82, 2.24) is 4.98 Å². The summed E-state index contributed by atoms with van der Waals surface area (Å²) in [4.78, 5) is 5.55. The molecule has 0 aliphatic carbocycles. The van der Waals surface area contributed by atoms with Crippen LogP contribution in [0.1, 0.15) is 4.88 Å². The molecule has 2 N–H and O–H groups in total. The van der Waals surface area contributed by atoms with Crippen molar-refractivity contribution < 1.29 is 0 Å². The highest BCUT2D eigenvalue weighted by Crippen LogP contribution is 2.30. The monoisotopic (exact) mass is 238 g/mol. The number of nitrogens with two attached hydrogens (primary N) is 1. The van der Waals surface area contributed by atoms with Crippen molar-refractivity contribution in [3.05, 3.63) is 40.4 Å². The van der Waals surface area contributed by atoms with Crippen molar-refractivity contribution in [3.8, 4) is 10.6 Å². The number of halogens is 1. The van der Waals surface area contributed by atoms with Gasteiger partial charge in [-0.3, -0.25) is 0 Å². The van der Waals surface area contributed by atoms with Crippen molar-refractivity contribution in [2.75, 3.05) is 6.54 Å². The van der Waals surface area contributed by atoms with E-state index in [0.29, 0.717) is 6.54 Å². The molecule has 1 aromatic heterocycles. The van der Waals surface area contributed by atoms with Crippen LogP contribution in [0.25, 0.3) is 10.6 Å². The van der Waals surface area contributed by atoms with E-state index in [1.54, 1.807) is 11.3 Å². The van der Waals surface area contributed by atoms with E-state index in [0.717, 1.165) is 22.0 Å². The number of nitrogens with zero attached hydrogens (tertiary/aromatic N) is 1. The van der Waals surface area contributed by atoms with Crippen LogP contribution in [0.3, 0.4) is 0 Å². The average molecular weight is 239 g/mol. The molecule has 0 bridgehead atoms. The predicted molar refractivity (Wildman–Crippen MR) is 65.3 cm³/mol. The Balaban J connectivity index is 2.33. The van der Waals surface area contributed by atoms with Gasteiger partial charge in [-0.25, -0.2) is 4.98 Å². The summed E-state index contributed by atoms with van der Waals surface area (Å²) in [7, 11) is 0. The maximum absolute atomic E-state index is 6.09. The van der Waals surface area contributed by atoms with Crippen LogP contribution in [0.2, 0.25) is 5.02 Å². The lowest BCUT2D eigenvalue weighted by Crippen LogP contribution is -2.00. The van der Waals surface area contributed by atoms with E-state index < -0.39 is 0 Å². The fourth-order valence-corrected chi connectivity index (χ4v) is 2.57. The highest BCUT2D eigenvalue weighted by Gasteiger charge is 2.07. The summed E-state index contributed by atoms with van der Waals surface area (Å²) in [6.07, 6.45) is 2.75. The Kier molecular flexibility index (Phi) is 3.36. The second kappa shape index (κ2) is 4.75. The molecule has 0 amide bonds. The molecule has 0 saturated heterocycles. The molecule has 4 heteroatoms. The van der Waals surface area contributed by atoms with Gasteiger partial charge in [0.2, 0.25) is 0 Å². The lowest BCUT2D eigenvalue weighted by molar-refractivity contribution is 0.984. The highest BCUT2D eigenvalue weighted by molar-refractivity contribution is 7.15. The third kappa shape index (κ3) is 2.37. The third-order valence-electron chi connectivity index (χ3n) is 2.05. The molecule has 1 heterocycles. The van der Waals surface area contributed by atoms with E-state index in [1.807, 2.05) is 30.5 Å². The maximum atomic E-state index is 6.09. The van der Waals surface area contributed by atoms with E-state index in [-0.39, 0.29) is 0 Å².